The molecule has 4 heterocycles. The number of aromatic nitrogens is 5. The van der Waals surface area contributed by atoms with Crippen LogP contribution in [0.1, 0.15) is 72.3 Å². The Labute approximate surface area is 384 Å². The molecule has 1 saturated heterocycles. The van der Waals surface area contributed by atoms with Crippen LogP contribution in [-0.4, -0.2) is 110 Å². The van der Waals surface area contributed by atoms with E-state index >= 15 is 0 Å². The summed E-state index contributed by atoms with van der Waals surface area (Å²) in [6.45, 7) is 15.4. The normalized spacial score (nSPS) is 14.2. The smallest absolute Gasteiger partial charge is 0.340 e. The predicted octanol–water partition coefficient (Wildman–Crippen LogP) is 8.48. The summed E-state index contributed by atoms with van der Waals surface area (Å²) in [5, 5.41) is 20.7. The number of amides is 1. The van der Waals surface area contributed by atoms with Gasteiger partial charge in [-0.15, -0.1) is 0 Å². The molecule has 14 nitrogen and oxygen atoms in total. The molecule has 65 heavy (non-hydrogen) atoms. The monoisotopic (exact) mass is 903 g/mol. The van der Waals surface area contributed by atoms with Crippen LogP contribution >= 0.6 is 11.6 Å². The minimum atomic E-state index is -1.24. The SMILES string of the molecule is COC(=O)c1cc(OCC(=O)N2CCN(CCn3c(C(O)OC(C)(C)C)c(CCCOc4cccc5ccccc45)c4ccc(Cl)c(-c5c(C)nn(C)c5C)c43)CC2)cc2[nH]c(C)nc12. The number of carbonyl (C=O) groups is 2. The van der Waals surface area contributed by atoms with Crippen molar-refractivity contribution in [1.82, 2.24) is 34.1 Å². The summed E-state index contributed by atoms with van der Waals surface area (Å²) in [6, 6.07) is 21.6. The van der Waals surface area contributed by atoms with Crippen molar-refractivity contribution in [3.8, 4) is 22.6 Å². The van der Waals surface area contributed by atoms with Crippen molar-refractivity contribution in [2.45, 2.75) is 72.8 Å². The zero-order valence-corrected chi connectivity index (χ0v) is 39.2. The van der Waals surface area contributed by atoms with Crippen molar-refractivity contribution in [2.75, 3.05) is 53.0 Å². The van der Waals surface area contributed by atoms with Gasteiger partial charge in [0.25, 0.3) is 5.91 Å². The summed E-state index contributed by atoms with van der Waals surface area (Å²) in [4.78, 5) is 37.7. The molecule has 1 amide bonds. The van der Waals surface area contributed by atoms with E-state index in [2.05, 4.69) is 43.7 Å². The number of aryl methyl sites for hydroxylation is 4. The number of fused-ring (bicyclic) bond motifs is 3. The van der Waals surface area contributed by atoms with E-state index in [1.807, 2.05) is 76.7 Å². The summed E-state index contributed by atoms with van der Waals surface area (Å²) in [7, 11) is 3.25. The first kappa shape index (κ1) is 45.6. The lowest BCUT2D eigenvalue weighted by Gasteiger charge is -2.35. The van der Waals surface area contributed by atoms with Gasteiger partial charge in [-0.25, -0.2) is 9.78 Å². The Bertz CT molecular complexity index is 2880. The maximum atomic E-state index is 13.5. The number of H-pyrrole nitrogens is 1. The predicted molar refractivity (Wildman–Crippen MR) is 253 cm³/mol. The van der Waals surface area contributed by atoms with Gasteiger partial charge >= 0.3 is 5.97 Å². The largest absolute Gasteiger partial charge is 0.493 e. The quantitative estimate of drug-likeness (QED) is 0.0583. The molecular weight excluding hydrogens is 846 g/mol. The second-order valence-corrected chi connectivity index (χ2v) is 18.1. The molecule has 1 aliphatic rings. The molecule has 0 saturated carbocycles. The van der Waals surface area contributed by atoms with Gasteiger partial charge in [0.1, 0.15) is 22.8 Å². The fourth-order valence-electron chi connectivity index (χ4n) is 9.07. The highest BCUT2D eigenvalue weighted by molar-refractivity contribution is 6.35. The molecule has 15 heteroatoms. The topological polar surface area (TPSA) is 149 Å². The number of aliphatic hydroxyl groups is 1. The van der Waals surface area contributed by atoms with E-state index < -0.39 is 17.9 Å². The van der Waals surface area contributed by atoms with Crippen molar-refractivity contribution >= 4 is 56.2 Å². The first-order valence-corrected chi connectivity index (χ1v) is 22.5. The highest BCUT2D eigenvalue weighted by atomic mass is 35.5. The number of piperazine rings is 1. The van der Waals surface area contributed by atoms with E-state index in [1.165, 1.54) is 7.11 Å². The standard InChI is InChI=1S/C50H58ClN7O7/c1-30-43(31(2)55(7)54-30)44-39(51)19-18-37-36(16-12-26-63-41-17-11-14-33-13-9-10-15-35(33)41)47(49(61)65-50(4,5)6)58(46(37)44)25-22-56-20-23-57(24-21-56)42(59)29-64-34-27-38(48(60)62-8)45-40(28-34)52-32(3)53-45/h9-11,13-15,17-19,27-28,49,61H,12,16,20-26,29H2,1-8H3,(H,52,53). The third-order valence-electron chi connectivity index (χ3n) is 12.2. The van der Waals surface area contributed by atoms with E-state index in [0.29, 0.717) is 92.0 Å². The van der Waals surface area contributed by atoms with Gasteiger partial charge in [0.05, 0.1) is 52.3 Å². The van der Waals surface area contributed by atoms with Gasteiger partial charge in [0.15, 0.2) is 12.9 Å². The number of aromatic amines is 1. The Balaban J connectivity index is 1.05. The number of methoxy groups -OCH3 is 1. The fourth-order valence-corrected chi connectivity index (χ4v) is 9.31. The average Bonchev–Trinajstić information content (AvgIpc) is 3.90. The van der Waals surface area contributed by atoms with Crippen LogP contribution in [0.2, 0.25) is 5.02 Å². The highest BCUT2D eigenvalue weighted by Gasteiger charge is 2.31. The number of rotatable bonds is 15. The van der Waals surface area contributed by atoms with Gasteiger partial charge in [0, 0.05) is 80.0 Å². The van der Waals surface area contributed by atoms with E-state index in [-0.39, 0.29) is 18.1 Å². The summed E-state index contributed by atoms with van der Waals surface area (Å²) >= 11 is 7.22. The van der Waals surface area contributed by atoms with Gasteiger partial charge in [-0.2, -0.15) is 5.10 Å². The Hall–Kier alpha value is -5.93. The van der Waals surface area contributed by atoms with E-state index in [1.54, 1.807) is 24.0 Å². The van der Waals surface area contributed by atoms with Crippen molar-refractivity contribution < 1.29 is 33.6 Å². The molecule has 8 rings (SSSR count). The van der Waals surface area contributed by atoms with Crippen LogP contribution in [0.5, 0.6) is 11.5 Å². The molecule has 3 aromatic heterocycles. The van der Waals surface area contributed by atoms with Crippen LogP contribution in [0.25, 0.3) is 43.8 Å². The molecule has 0 spiro atoms. The maximum absolute atomic E-state index is 13.5. The van der Waals surface area contributed by atoms with Crippen molar-refractivity contribution in [3.05, 3.63) is 106 Å². The Kier molecular flexibility index (Phi) is 13.3. The average molecular weight is 905 g/mol. The summed E-state index contributed by atoms with van der Waals surface area (Å²) in [5.74, 6) is 1.17. The summed E-state index contributed by atoms with van der Waals surface area (Å²) in [5.41, 5.74) is 6.97. The number of hydrogen-bond donors (Lipinski definition) is 2. The number of ether oxygens (including phenoxy) is 4. The van der Waals surface area contributed by atoms with Crippen LogP contribution in [0.15, 0.2) is 66.7 Å². The fraction of sp³-hybridized carbons (Fsp3) is 0.400. The molecule has 1 fully saturated rings. The Morgan fingerprint density at radius 3 is 2.40 bits per heavy atom. The molecule has 0 aliphatic carbocycles. The Morgan fingerprint density at radius 2 is 1.68 bits per heavy atom. The number of nitrogens with zero attached hydrogens (tertiary/aromatic N) is 6. The van der Waals surface area contributed by atoms with Crippen LogP contribution in [0, 0.1) is 20.8 Å². The van der Waals surface area contributed by atoms with E-state index in [9.17, 15) is 14.7 Å². The second kappa shape index (κ2) is 18.9. The molecule has 2 N–H and O–H groups in total. The van der Waals surface area contributed by atoms with Gasteiger partial charge in [-0.3, -0.25) is 14.4 Å². The highest BCUT2D eigenvalue weighted by Crippen LogP contribution is 2.44. The van der Waals surface area contributed by atoms with Gasteiger partial charge in [-0.05, 0) is 83.5 Å². The van der Waals surface area contributed by atoms with Gasteiger partial charge in [0.2, 0.25) is 0 Å². The van der Waals surface area contributed by atoms with E-state index in [0.717, 1.165) is 55.5 Å². The van der Waals surface area contributed by atoms with Gasteiger partial charge < -0.3 is 38.5 Å². The lowest BCUT2D eigenvalue weighted by molar-refractivity contribution is -0.173. The first-order chi connectivity index (χ1) is 31.1. The molecule has 7 aromatic rings. The lowest BCUT2D eigenvalue weighted by Crippen LogP contribution is -2.50. The number of hydrogen-bond acceptors (Lipinski definition) is 10. The third kappa shape index (κ3) is 9.58. The minimum absolute atomic E-state index is 0.151. The number of esters is 1. The number of aliphatic hydroxyl groups excluding tert-OH is 1. The first-order valence-electron chi connectivity index (χ1n) is 22.1. The van der Waals surface area contributed by atoms with Crippen LogP contribution in [0.3, 0.4) is 0 Å². The maximum Gasteiger partial charge on any atom is 0.340 e. The lowest BCUT2D eigenvalue weighted by atomic mass is 9.98. The zero-order chi connectivity index (χ0) is 46.2. The number of imidazole rings is 1. The van der Waals surface area contributed by atoms with Crippen molar-refractivity contribution in [1.29, 1.82) is 0 Å². The third-order valence-corrected chi connectivity index (χ3v) is 12.5. The molecule has 1 unspecified atom stereocenters. The minimum Gasteiger partial charge on any atom is -0.493 e. The molecule has 1 aliphatic heterocycles. The van der Waals surface area contributed by atoms with Gasteiger partial charge in [-0.1, -0.05) is 54.1 Å². The summed E-state index contributed by atoms with van der Waals surface area (Å²) in [6.07, 6.45) is 0.0577. The zero-order valence-electron chi connectivity index (χ0n) is 38.5. The molecule has 1 atom stereocenters. The molecular formula is C50H58ClN7O7. The van der Waals surface area contributed by atoms with E-state index in [4.69, 9.17) is 35.6 Å². The van der Waals surface area contributed by atoms with Crippen LogP contribution in [-0.2, 0) is 34.3 Å². The number of nitrogens with one attached hydrogen (secondary N) is 1. The molecule has 0 radical (unpaired) electrons. The second-order valence-electron chi connectivity index (χ2n) is 17.7. The van der Waals surface area contributed by atoms with Crippen molar-refractivity contribution in [3.63, 3.8) is 0 Å². The molecule has 0 bridgehead atoms. The number of halogens is 1. The Morgan fingerprint density at radius 1 is 0.923 bits per heavy atom. The van der Waals surface area contributed by atoms with Crippen LogP contribution in [0.4, 0.5) is 0 Å². The number of benzene rings is 4. The summed E-state index contributed by atoms with van der Waals surface area (Å²) < 4.78 is 27.8. The molecule has 342 valence electrons. The number of carbonyl (C=O) groups excluding carboxylic acids is 2. The van der Waals surface area contributed by atoms with Crippen LogP contribution < -0.4 is 9.47 Å². The molecule has 4 aromatic carbocycles. The van der Waals surface area contributed by atoms with Crippen molar-refractivity contribution in [2.24, 2.45) is 7.05 Å².